The van der Waals surface area contributed by atoms with Gasteiger partial charge >= 0.3 is 5.97 Å². The van der Waals surface area contributed by atoms with Crippen LogP contribution in [0.1, 0.15) is 22.8 Å². The molecule has 0 bridgehead atoms. The Bertz CT molecular complexity index is 1030. The second kappa shape index (κ2) is 6.81. The van der Waals surface area contributed by atoms with Crippen molar-refractivity contribution in [3.63, 3.8) is 0 Å². The summed E-state index contributed by atoms with van der Waals surface area (Å²) in [6.45, 7) is 4.31. The van der Waals surface area contributed by atoms with E-state index < -0.39 is 61.1 Å². The minimum atomic E-state index is -5.35. The van der Waals surface area contributed by atoms with Crippen LogP contribution in [0.5, 0.6) is 11.5 Å². The topological polar surface area (TPSA) is 101 Å². The number of ether oxygens (including phenoxy) is 1. The number of hydrogen-bond acceptors (Lipinski definition) is 5. The molecule has 2 rings (SSSR count). The summed E-state index contributed by atoms with van der Waals surface area (Å²) in [5, 5.41) is 9.56. The van der Waals surface area contributed by atoms with Crippen molar-refractivity contribution in [2.24, 2.45) is 0 Å². The second-order valence-corrected chi connectivity index (χ2v) is 6.50. The number of carbonyl (C=O) groups excluding carboxylic acids is 1. The summed E-state index contributed by atoms with van der Waals surface area (Å²) in [6, 6.07) is 4.87. The van der Waals surface area contributed by atoms with E-state index in [-0.39, 0.29) is 5.57 Å². The predicted octanol–water partition coefficient (Wildman–Crippen LogP) is 3.31. The van der Waals surface area contributed by atoms with E-state index >= 15 is 0 Å². The Morgan fingerprint density at radius 3 is 2.19 bits per heavy atom. The summed E-state index contributed by atoms with van der Waals surface area (Å²) >= 11 is 0. The van der Waals surface area contributed by atoms with Crippen molar-refractivity contribution in [3.8, 4) is 11.5 Å². The number of hydrogen-bond donors (Lipinski definition) is 2. The van der Waals surface area contributed by atoms with Gasteiger partial charge < -0.3 is 9.84 Å². The minimum Gasteiger partial charge on any atom is -0.507 e. The standard InChI is InChI=1S/C16H11F3O6S/c1-7(2)10-11(17)14(12(18)13(19)15(10)26(22,23)24)25-16(21)8-5-3-4-6-9(8)20/h3-6,20H,1H2,2H3,(H,22,23,24). The fourth-order valence-corrected chi connectivity index (χ4v) is 2.96. The zero-order chi connectivity index (χ0) is 19.8. The van der Waals surface area contributed by atoms with Crippen LogP contribution >= 0.6 is 0 Å². The molecule has 0 atom stereocenters. The Morgan fingerprint density at radius 1 is 1.12 bits per heavy atom. The highest BCUT2D eigenvalue weighted by Gasteiger charge is 2.34. The average molecular weight is 388 g/mol. The molecular weight excluding hydrogens is 377 g/mol. The van der Waals surface area contributed by atoms with Crippen molar-refractivity contribution < 1.29 is 40.8 Å². The Hall–Kier alpha value is -2.85. The lowest BCUT2D eigenvalue weighted by Crippen LogP contribution is -2.16. The van der Waals surface area contributed by atoms with E-state index in [0.29, 0.717) is 0 Å². The highest BCUT2D eigenvalue weighted by atomic mass is 32.2. The molecule has 2 aromatic carbocycles. The van der Waals surface area contributed by atoms with E-state index in [9.17, 15) is 31.5 Å². The van der Waals surface area contributed by atoms with E-state index in [2.05, 4.69) is 11.3 Å². The van der Waals surface area contributed by atoms with Gasteiger partial charge in [0, 0.05) is 5.56 Å². The Morgan fingerprint density at radius 2 is 1.69 bits per heavy atom. The molecule has 0 radical (unpaired) electrons. The first-order valence-electron chi connectivity index (χ1n) is 6.80. The van der Waals surface area contributed by atoms with Gasteiger partial charge in [0.1, 0.15) is 16.2 Å². The van der Waals surface area contributed by atoms with E-state index in [0.717, 1.165) is 19.1 Å². The molecule has 0 spiro atoms. The first-order valence-corrected chi connectivity index (χ1v) is 8.24. The van der Waals surface area contributed by atoms with Gasteiger partial charge in [-0.25, -0.2) is 13.6 Å². The fourth-order valence-electron chi connectivity index (χ4n) is 2.13. The number of carbonyl (C=O) groups is 1. The van der Waals surface area contributed by atoms with Crippen molar-refractivity contribution in [1.82, 2.24) is 0 Å². The predicted molar refractivity (Wildman–Crippen MR) is 83.9 cm³/mol. The van der Waals surface area contributed by atoms with E-state index in [1.165, 1.54) is 12.1 Å². The first-order chi connectivity index (χ1) is 12.0. The minimum absolute atomic E-state index is 0.381. The maximum atomic E-state index is 14.5. The van der Waals surface area contributed by atoms with Crippen LogP contribution in [0.15, 0.2) is 35.7 Å². The monoisotopic (exact) mass is 388 g/mol. The molecule has 0 aliphatic heterocycles. The van der Waals surface area contributed by atoms with Crippen LogP contribution in [-0.4, -0.2) is 24.0 Å². The molecule has 0 aromatic heterocycles. The maximum absolute atomic E-state index is 14.5. The largest absolute Gasteiger partial charge is 0.507 e. The van der Waals surface area contributed by atoms with Gasteiger partial charge in [-0.15, -0.1) is 0 Å². The number of esters is 1. The molecule has 0 fully saturated rings. The molecule has 26 heavy (non-hydrogen) atoms. The van der Waals surface area contributed by atoms with E-state index in [1.54, 1.807) is 0 Å². The number of halogens is 3. The molecule has 0 saturated heterocycles. The molecule has 0 aliphatic rings. The summed E-state index contributed by atoms with van der Waals surface area (Å²) in [4.78, 5) is 10.3. The van der Waals surface area contributed by atoms with Gasteiger partial charge in [0.05, 0.1) is 0 Å². The lowest BCUT2D eigenvalue weighted by Gasteiger charge is -2.15. The lowest BCUT2D eigenvalue weighted by atomic mass is 10.1. The van der Waals surface area contributed by atoms with Crippen LogP contribution in [0.25, 0.3) is 5.57 Å². The third-order valence-corrected chi connectivity index (χ3v) is 4.14. The van der Waals surface area contributed by atoms with Crippen LogP contribution < -0.4 is 4.74 Å². The number of phenolic OH excluding ortho intramolecular Hbond substituents is 1. The summed E-state index contributed by atoms with van der Waals surface area (Å²) < 4.78 is 78.9. The molecule has 10 heteroatoms. The number of benzene rings is 2. The van der Waals surface area contributed by atoms with Gasteiger partial charge in [-0.1, -0.05) is 18.7 Å². The molecule has 0 amide bonds. The normalized spacial score (nSPS) is 11.3. The van der Waals surface area contributed by atoms with Crippen molar-refractivity contribution >= 4 is 21.7 Å². The third kappa shape index (κ3) is 3.41. The summed E-state index contributed by atoms with van der Waals surface area (Å²) in [7, 11) is -5.35. The Balaban J connectivity index is 2.70. The second-order valence-electron chi connectivity index (χ2n) is 5.14. The molecule has 0 saturated carbocycles. The molecule has 6 nitrogen and oxygen atoms in total. The molecule has 0 aliphatic carbocycles. The van der Waals surface area contributed by atoms with Crippen molar-refractivity contribution in [3.05, 3.63) is 59.4 Å². The molecular formula is C16H11F3O6S. The summed E-state index contributed by atoms with van der Waals surface area (Å²) in [5.41, 5.74) is -1.93. The Labute approximate surface area is 145 Å². The van der Waals surface area contributed by atoms with Crippen LogP contribution in [0.2, 0.25) is 0 Å². The van der Waals surface area contributed by atoms with Crippen LogP contribution in [-0.2, 0) is 10.1 Å². The molecule has 2 aromatic rings. The van der Waals surface area contributed by atoms with Crippen molar-refractivity contribution in [1.29, 1.82) is 0 Å². The zero-order valence-electron chi connectivity index (χ0n) is 13.1. The molecule has 0 unspecified atom stereocenters. The fraction of sp³-hybridized carbons (Fsp3) is 0.0625. The summed E-state index contributed by atoms with van der Waals surface area (Å²) in [6.07, 6.45) is 0. The highest BCUT2D eigenvalue weighted by molar-refractivity contribution is 7.86. The van der Waals surface area contributed by atoms with Gasteiger partial charge in [0.2, 0.25) is 11.6 Å². The zero-order valence-corrected chi connectivity index (χ0v) is 13.9. The van der Waals surface area contributed by atoms with Crippen molar-refractivity contribution in [2.45, 2.75) is 11.8 Å². The smallest absolute Gasteiger partial charge is 0.347 e. The van der Waals surface area contributed by atoms with Gasteiger partial charge in [-0.2, -0.15) is 12.8 Å². The number of para-hydroxylation sites is 1. The summed E-state index contributed by atoms with van der Waals surface area (Å²) in [5.74, 6) is -9.58. The number of rotatable bonds is 4. The number of phenols is 1. The van der Waals surface area contributed by atoms with Crippen LogP contribution in [0, 0.1) is 17.5 Å². The van der Waals surface area contributed by atoms with E-state index in [1.807, 2.05) is 0 Å². The van der Waals surface area contributed by atoms with Crippen LogP contribution in [0.4, 0.5) is 13.2 Å². The maximum Gasteiger partial charge on any atom is 0.347 e. The van der Waals surface area contributed by atoms with E-state index in [4.69, 9.17) is 4.55 Å². The van der Waals surface area contributed by atoms with Gasteiger partial charge in [0.15, 0.2) is 11.6 Å². The highest BCUT2D eigenvalue weighted by Crippen LogP contribution is 2.37. The number of aromatic hydroxyl groups is 1. The average Bonchev–Trinajstić information content (AvgIpc) is 2.53. The van der Waals surface area contributed by atoms with Crippen LogP contribution in [0.3, 0.4) is 0 Å². The lowest BCUT2D eigenvalue weighted by molar-refractivity contribution is 0.0715. The molecule has 2 N–H and O–H groups in total. The first kappa shape index (κ1) is 19.5. The number of allylic oxidation sites excluding steroid dienone is 1. The van der Waals surface area contributed by atoms with Gasteiger partial charge in [-0.3, -0.25) is 4.55 Å². The molecule has 138 valence electrons. The Kier molecular flexibility index (Phi) is 5.10. The quantitative estimate of drug-likeness (QED) is 0.361. The third-order valence-electron chi connectivity index (χ3n) is 3.24. The van der Waals surface area contributed by atoms with Crippen molar-refractivity contribution in [2.75, 3.05) is 0 Å². The van der Waals surface area contributed by atoms with Gasteiger partial charge in [0.25, 0.3) is 10.1 Å². The van der Waals surface area contributed by atoms with Gasteiger partial charge in [-0.05, 0) is 24.6 Å². The molecule has 0 heterocycles. The SMILES string of the molecule is C=C(C)c1c(F)c(OC(=O)c2ccccc2O)c(F)c(F)c1S(=O)(=O)O.